The largest absolute Gasteiger partial charge is 0.497 e. The van der Waals surface area contributed by atoms with Gasteiger partial charge in [0.25, 0.3) is 5.91 Å². The molecule has 0 radical (unpaired) electrons. The van der Waals surface area contributed by atoms with Gasteiger partial charge in [-0.3, -0.25) is 9.36 Å². The van der Waals surface area contributed by atoms with Crippen molar-refractivity contribution in [1.29, 1.82) is 0 Å². The topological polar surface area (TPSA) is 93.4 Å². The molecule has 2 N–H and O–H groups in total. The Morgan fingerprint density at radius 1 is 1.50 bits per heavy atom. The molecule has 0 unspecified atom stereocenters. The van der Waals surface area contributed by atoms with E-state index in [4.69, 9.17) is 9.84 Å². The number of fused-ring (bicyclic) bond motifs is 3. The lowest BCUT2D eigenvalue weighted by Gasteiger charge is -2.09. The molecule has 0 aliphatic carbocycles. The predicted molar refractivity (Wildman–Crippen MR) is 68.2 cm³/mol. The molecule has 1 aliphatic rings. The van der Waals surface area contributed by atoms with Crippen molar-refractivity contribution >= 4 is 11.9 Å². The first-order valence-electron chi connectivity index (χ1n) is 5.88. The first-order valence-corrected chi connectivity index (χ1v) is 5.88. The molecule has 1 aromatic carbocycles. The summed E-state index contributed by atoms with van der Waals surface area (Å²) in [4.78, 5) is 27.1. The van der Waals surface area contributed by atoms with Gasteiger partial charge in [0.1, 0.15) is 12.1 Å². The summed E-state index contributed by atoms with van der Waals surface area (Å²) in [5.74, 6) is -0.843. The highest BCUT2D eigenvalue weighted by Gasteiger charge is 2.25. The summed E-state index contributed by atoms with van der Waals surface area (Å²) < 4.78 is 6.71. The maximum absolute atomic E-state index is 12.1. The van der Waals surface area contributed by atoms with Gasteiger partial charge in [0.15, 0.2) is 5.69 Å². The van der Waals surface area contributed by atoms with Crippen molar-refractivity contribution in [2.75, 3.05) is 7.11 Å². The zero-order valence-electron chi connectivity index (χ0n) is 10.6. The number of carbonyl (C=O) groups is 2. The average molecular weight is 273 g/mol. The van der Waals surface area contributed by atoms with E-state index in [2.05, 4.69) is 10.3 Å². The number of carboxylic acid groups (broad SMARTS) is 1. The molecule has 0 spiro atoms. The maximum Gasteiger partial charge on any atom is 0.356 e. The Labute approximate surface area is 113 Å². The van der Waals surface area contributed by atoms with Gasteiger partial charge in [-0.25, -0.2) is 9.78 Å². The molecule has 7 nitrogen and oxygen atoms in total. The van der Waals surface area contributed by atoms with Gasteiger partial charge in [-0.05, 0) is 18.2 Å². The van der Waals surface area contributed by atoms with Crippen molar-refractivity contribution in [3.8, 4) is 11.4 Å². The number of carboxylic acids is 1. The Hall–Kier alpha value is -2.83. The van der Waals surface area contributed by atoms with E-state index in [9.17, 15) is 9.59 Å². The second-order valence-corrected chi connectivity index (χ2v) is 4.28. The van der Waals surface area contributed by atoms with E-state index in [0.717, 1.165) is 0 Å². The van der Waals surface area contributed by atoms with E-state index >= 15 is 0 Å². The molecule has 7 heteroatoms. The number of hydrogen-bond acceptors (Lipinski definition) is 4. The average Bonchev–Trinajstić information content (AvgIpc) is 2.82. The number of carbonyl (C=O) groups excluding carboxylic acids is 1. The zero-order valence-corrected chi connectivity index (χ0v) is 10.6. The van der Waals surface area contributed by atoms with Gasteiger partial charge in [-0.1, -0.05) is 0 Å². The molecule has 0 atom stereocenters. The van der Waals surface area contributed by atoms with Crippen LogP contribution in [-0.4, -0.2) is 33.6 Å². The van der Waals surface area contributed by atoms with Crippen molar-refractivity contribution < 1.29 is 19.4 Å². The highest BCUT2D eigenvalue weighted by molar-refractivity contribution is 5.99. The Kier molecular flexibility index (Phi) is 2.67. The predicted octanol–water partition coefficient (Wildman–Crippen LogP) is 0.823. The van der Waals surface area contributed by atoms with E-state index in [0.29, 0.717) is 22.7 Å². The van der Waals surface area contributed by atoms with Gasteiger partial charge in [0.05, 0.1) is 30.6 Å². The monoisotopic (exact) mass is 273 g/mol. The van der Waals surface area contributed by atoms with Crippen LogP contribution in [0.5, 0.6) is 5.75 Å². The van der Waals surface area contributed by atoms with Gasteiger partial charge >= 0.3 is 5.97 Å². The van der Waals surface area contributed by atoms with Crippen LogP contribution in [0.1, 0.15) is 26.5 Å². The molecule has 1 aromatic heterocycles. The number of hydrogen-bond donors (Lipinski definition) is 2. The van der Waals surface area contributed by atoms with Gasteiger partial charge in [0, 0.05) is 0 Å². The molecule has 20 heavy (non-hydrogen) atoms. The molecule has 1 amide bonds. The molecule has 102 valence electrons. The number of nitrogens with zero attached hydrogens (tertiary/aromatic N) is 2. The van der Waals surface area contributed by atoms with Crippen LogP contribution in [0.4, 0.5) is 0 Å². The first kappa shape index (κ1) is 12.2. The lowest BCUT2D eigenvalue weighted by molar-refractivity contribution is 0.0688. The highest BCUT2D eigenvalue weighted by atomic mass is 16.5. The minimum atomic E-state index is -1.12. The fourth-order valence-electron chi connectivity index (χ4n) is 2.22. The third-order valence-electron chi connectivity index (χ3n) is 3.19. The third kappa shape index (κ3) is 1.71. The van der Waals surface area contributed by atoms with Gasteiger partial charge in [-0.2, -0.15) is 0 Å². The number of aromatic nitrogens is 2. The molecule has 2 aromatic rings. The minimum absolute atomic E-state index is 0.0611. The van der Waals surface area contributed by atoms with Crippen molar-refractivity contribution in [2.45, 2.75) is 6.54 Å². The summed E-state index contributed by atoms with van der Waals surface area (Å²) in [6.45, 7) is 0.109. The standard InChI is InChI=1S/C13H11N3O4/c1-20-7-2-3-9-8(4-7)12(17)14-5-10-11(13(18)19)15-6-16(9)10/h2-4,6H,5H2,1H3,(H,14,17)(H,18,19). The third-order valence-corrected chi connectivity index (χ3v) is 3.19. The molecule has 1 aliphatic heterocycles. The quantitative estimate of drug-likeness (QED) is 0.845. The lowest BCUT2D eigenvalue weighted by atomic mass is 10.1. The summed E-state index contributed by atoms with van der Waals surface area (Å²) >= 11 is 0. The molecule has 0 bridgehead atoms. The number of rotatable bonds is 2. The number of nitrogens with one attached hydrogen (secondary N) is 1. The van der Waals surface area contributed by atoms with Gasteiger partial charge < -0.3 is 15.2 Å². The van der Waals surface area contributed by atoms with Crippen molar-refractivity contribution in [2.24, 2.45) is 0 Å². The summed E-state index contributed by atoms with van der Waals surface area (Å²) in [5, 5.41) is 11.8. The summed E-state index contributed by atoms with van der Waals surface area (Å²) in [6.07, 6.45) is 1.41. The SMILES string of the molecule is COc1ccc2c(c1)C(=O)NCc1c(C(=O)O)ncn1-2. The number of ether oxygens (including phenoxy) is 1. The van der Waals surface area contributed by atoms with Crippen LogP contribution in [0.2, 0.25) is 0 Å². The Balaban J connectivity index is 2.24. The van der Waals surface area contributed by atoms with Crippen LogP contribution >= 0.6 is 0 Å². The normalized spacial score (nSPS) is 12.9. The smallest absolute Gasteiger partial charge is 0.356 e. The van der Waals surface area contributed by atoms with E-state index in [-0.39, 0.29) is 18.1 Å². The van der Waals surface area contributed by atoms with Crippen LogP contribution in [-0.2, 0) is 6.54 Å². The van der Waals surface area contributed by atoms with Crippen LogP contribution < -0.4 is 10.1 Å². The first-order chi connectivity index (χ1) is 9.61. The van der Waals surface area contributed by atoms with Crippen molar-refractivity contribution in [3.05, 3.63) is 41.5 Å². The number of methoxy groups -OCH3 is 1. The maximum atomic E-state index is 12.1. The minimum Gasteiger partial charge on any atom is -0.497 e. The molecular weight excluding hydrogens is 262 g/mol. The fraction of sp³-hybridized carbons (Fsp3) is 0.154. The van der Waals surface area contributed by atoms with Crippen LogP contribution in [0.25, 0.3) is 5.69 Å². The Bertz CT molecular complexity index is 720. The number of benzene rings is 1. The van der Waals surface area contributed by atoms with Crippen LogP contribution in [0.15, 0.2) is 24.5 Å². The molecule has 0 fully saturated rings. The van der Waals surface area contributed by atoms with Crippen molar-refractivity contribution in [1.82, 2.24) is 14.9 Å². The molecule has 0 saturated heterocycles. The molecule has 3 rings (SSSR count). The Morgan fingerprint density at radius 3 is 3.00 bits per heavy atom. The summed E-state index contributed by atoms with van der Waals surface area (Å²) in [7, 11) is 1.52. The summed E-state index contributed by atoms with van der Waals surface area (Å²) in [6, 6.07) is 5.03. The van der Waals surface area contributed by atoms with E-state index in [1.54, 1.807) is 22.8 Å². The Morgan fingerprint density at radius 2 is 2.30 bits per heavy atom. The second kappa shape index (κ2) is 4.37. The molecule has 0 saturated carbocycles. The molecule has 2 heterocycles. The van der Waals surface area contributed by atoms with Crippen molar-refractivity contribution in [3.63, 3.8) is 0 Å². The van der Waals surface area contributed by atoms with E-state index in [1.165, 1.54) is 13.4 Å². The van der Waals surface area contributed by atoms with Crippen LogP contribution in [0, 0.1) is 0 Å². The lowest BCUT2D eigenvalue weighted by Crippen LogP contribution is -2.22. The number of aromatic carboxylic acids is 1. The van der Waals surface area contributed by atoms with Gasteiger partial charge in [-0.15, -0.1) is 0 Å². The van der Waals surface area contributed by atoms with Gasteiger partial charge in [0.2, 0.25) is 0 Å². The fourth-order valence-corrected chi connectivity index (χ4v) is 2.22. The summed E-state index contributed by atoms with van der Waals surface area (Å²) in [5.41, 5.74) is 1.37. The highest BCUT2D eigenvalue weighted by Crippen LogP contribution is 2.25. The second-order valence-electron chi connectivity index (χ2n) is 4.28. The van der Waals surface area contributed by atoms with E-state index < -0.39 is 5.97 Å². The molecular formula is C13H11N3O4. The number of amides is 1. The van der Waals surface area contributed by atoms with Crippen LogP contribution in [0.3, 0.4) is 0 Å². The number of imidazole rings is 1. The van der Waals surface area contributed by atoms with E-state index in [1.807, 2.05) is 0 Å². The zero-order chi connectivity index (χ0) is 14.3.